The standard InChI is InChI=1S/C22H20FN5O3/c1-14-12-19(28(26-14)16-8-6-15(23)7-9-16)25-20(29)10-11-22(31)27-13-21(30)24-17-4-2-3-5-18(17)27/h2-9,12H,10-11,13H2,1H3,(H,24,30)(H,25,29). The first-order valence-corrected chi connectivity index (χ1v) is 9.72. The molecule has 3 aromatic rings. The summed E-state index contributed by atoms with van der Waals surface area (Å²) in [5.41, 5.74) is 2.44. The molecule has 0 saturated carbocycles. The summed E-state index contributed by atoms with van der Waals surface area (Å²) in [6, 6.07) is 14.4. The molecule has 31 heavy (non-hydrogen) atoms. The molecule has 0 bridgehead atoms. The molecule has 1 aliphatic rings. The van der Waals surface area contributed by atoms with E-state index in [1.807, 2.05) is 0 Å². The lowest BCUT2D eigenvalue weighted by Gasteiger charge is -2.29. The van der Waals surface area contributed by atoms with Crippen LogP contribution in [0.25, 0.3) is 5.69 Å². The number of nitrogens with zero attached hydrogens (tertiary/aromatic N) is 3. The minimum Gasteiger partial charge on any atom is -0.323 e. The molecule has 0 atom stereocenters. The third-order valence-corrected chi connectivity index (χ3v) is 4.81. The number of carbonyl (C=O) groups excluding carboxylic acids is 3. The van der Waals surface area contributed by atoms with E-state index in [4.69, 9.17) is 0 Å². The molecule has 9 heteroatoms. The van der Waals surface area contributed by atoms with Crippen molar-refractivity contribution in [1.29, 1.82) is 0 Å². The van der Waals surface area contributed by atoms with Crippen LogP contribution in [0.1, 0.15) is 18.5 Å². The highest BCUT2D eigenvalue weighted by Crippen LogP contribution is 2.29. The summed E-state index contributed by atoms with van der Waals surface area (Å²) in [6.07, 6.45) is -0.121. The molecule has 3 amide bonds. The molecule has 0 unspecified atom stereocenters. The van der Waals surface area contributed by atoms with Gasteiger partial charge in [0.15, 0.2) is 0 Å². The monoisotopic (exact) mass is 421 g/mol. The molecule has 1 aliphatic heterocycles. The summed E-state index contributed by atoms with van der Waals surface area (Å²) >= 11 is 0. The molecule has 0 radical (unpaired) electrons. The predicted molar refractivity (Wildman–Crippen MR) is 114 cm³/mol. The maximum absolute atomic E-state index is 13.2. The molecule has 2 heterocycles. The van der Waals surface area contributed by atoms with Crippen molar-refractivity contribution in [2.45, 2.75) is 19.8 Å². The van der Waals surface area contributed by atoms with Crippen LogP contribution in [0.2, 0.25) is 0 Å². The van der Waals surface area contributed by atoms with Gasteiger partial charge in [-0.2, -0.15) is 5.10 Å². The third-order valence-electron chi connectivity index (χ3n) is 4.81. The van der Waals surface area contributed by atoms with E-state index in [2.05, 4.69) is 15.7 Å². The van der Waals surface area contributed by atoms with E-state index in [0.717, 1.165) is 0 Å². The number of benzene rings is 2. The van der Waals surface area contributed by atoms with Crippen molar-refractivity contribution in [3.63, 3.8) is 0 Å². The quantitative estimate of drug-likeness (QED) is 0.662. The van der Waals surface area contributed by atoms with Gasteiger partial charge in [0.05, 0.1) is 22.8 Å². The van der Waals surface area contributed by atoms with Crippen LogP contribution in [0.3, 0.4) is 0 Å². The van der Waals surface area contributed by atoms with Gasteiger partial charge in [-0.15, -0.1) is 0 Å². The number of aromatic nitrogens is 2. The molecular weight excluding hydrogens is 401 g/mol. The number of rotatable bonds is 5. The van der Waals surface area contributed by atoms with Crippen molar-refractivity contribution < 1.29 is 18.8 Å². The number of hydrogen-bond acceptors (Lipinski definition) is 4. The minimum absolute atomic E-state index is 0.0584. The fourth-order valence-electron chi connectivity index (χ4n) is 3.38. The van der Waals surface area contributed by atoms with Crippen LogP contribution in [0, 0.1) is 12.7 Å². The number of amides is 3. The fourth-order valence-corrected chi connectivity index (χ4v) is 3.38. The highest BCUT2D eigenvalue weighted by Gasteiger charge is 2.26. The average molecular weight is 421 g/mol. The summed E-state index contributed by atoms with van der Waals surface area (Å²) in [6.45, 7) is 1.69. The molecule has 2 N–H and O–H groups in total. The van der Waals surface area contributed by atoms with Gasteiger partial charge < -0.3 is 15.5 Å². The van der Waals surface area contributed by atoms with Gasteiger partial charge in [-0.25, -0.2) is 9.07 Å². The van der Waals surface area contributed by atoms with Crippen LogP contribution in [-0.2, 0) is 14.4 Å². The Bertz CT molecular complexity index is 1160. The summed E-state index contributed by atoms with van der Waals surface area (Å²) < 4.78 is 14.7. The van der Waals surface area contributed by atoms with Crippen LogP contribution in [-0.4, -0.2) is 34.0 Å². The van der Waals surface area contributed by atoms with Crippen LogP contribution in [0.4, 0.5) is 21.6 Å². The van der Waals surface area contributed by atoms with Crippen molar-refractivity contribution in [2.75, 3.05) is 22.1 Å². The van der Waals surface area contributed by atoms with Crippen LogP contribution in [0.5, 0.6) is 0 Å². The highest BCUT2D eigenvalue weighted by molar-refractivity contribution is 6.10. The van der Waals surface area contributed by atoms with Gasteiger partial charge in [-0.05, 0) is 43.3 Å². The first-order valence-electron chi connectivity index (χ1n) is 9.72. The normalized spacial score (nSPS) is 12.8. The van der Waals surface area contributed by atoms with Crippen molar-refractivity contribution in [2.24, 2.45) is 0 Å². The Balaban J connectivity index is 1.42. The van der Waals surface area contributed by atoms with Crippen molar-refractivity contribution >= 4 is 34.9 Å². The maximum Gasteiger partial charge on any atom is 0.244 e. The lowest BCUT2D eigenvalue weighted by molar-refractivity contribution is -0.124. The summed E-state index contributed by atoms with van der Waals surface area (Å²) in [5.74, 6) is -0.920. The zero-order valence-corrected chi connectivity index (χ0v) is 16.8. The number of para-hydroxylation sites is 2. The molecule has 8 nitrogen and oxygen atoms in total. The highest BCUT2D eigenvalue weighted by atomic mass is 19.1. The molecule has 2 aromatic carbocycles. The predicted octanol–water partition coefficient (Wildman–Crippen LogP) is 3.02. The largest absolute Gasteiger partial charge is 0.323 e. The van der Waals surface area contributed by atoms with Gasteiger partial charge in [-0.3, -0.25) is 14.4 Å². The van der Waals surface area contributed by atoms with Gasteiger partial charge in [-0.1, -0.05) is 12.1 Å². The van der Waals surface area contributed by atoms with Gasteiger partial charge in [0.25, 0.3) is 0 Å². The first-order chi connectivity index (χ1) is 14.9. The van der Waals surface area contributed by atoms with Crippen LogP contribution < -0.4 is 15.5 Å². The summed E-state index contributed by atoms with van der Waals surface area (Å²) in [7, 11) is 0. The van der Waals surface area contributed by atoms with Crippen molar-refractivity contribution in [3.05, 3.63) is 66.1 Å². The van der Waals surface area contributed by atoms with Gasteiger partial charge in [0, 0.05) is 18.9 Å². The number of fused-ring (bicyclic) bond motifs is 1. The Morgan fingerprint density at radius 3 is 2.65 bits per heavy atom. The van der Waals surface area contributed by atoms with Crippen LogP contribution >= 0.6 is 0 Å². The van der Waals surface area contributed by atoms with E-state index in [0.29, 0.717) is 28.6 Å². The van der Waals surface area contributed by atoms with E-state index < -0.39 is 0 Å². The molecule has 0 spiro atoms. The molecule has 158 valence electrons. The SMILES string of the molecule is Cc1cc(NC(=O)CCC(=O)N2CC(=O)Nc3ccccc32)n(-c2ccc(F)cc2)n1. The minimum atomic E-state index is -0.371. The Morgan fingerprint density at radius 1 is 1.13 bits per heavy atom. The van der Waals surface area contributed by atoms with E-state index in [1.54, 1.807) is 49.4 Å². The summed E-state index contributed by atoms with van der Waals surface area (Å²) in [5, 5.41) is 9.80. The molecule has 0 aliphatic carbocycles. The average Bonchev–Trinajstić information content (AvgIpc) is 3.11. The van der Waals surface area contributed by atoms with Gasteiger partial charge in [0.1, 0.15) is 18.2 Å². The second-order valence-electron chi connectivity index (χ2n) is 7.15. The lowest BCUT2D eigenvalue weighted by atomic mass is 10.1. The number of aryl methyl sites for hydroxylation is 1. The first kappa shape index (κ1) is 20.3. The third kappa shape index (κ3) is 4.45. The Kier molecular flexibility index (Phi) is 5.48. The number of anilines is 3. The Morgan fingerprint density at radius 2 is 1.87 bits per heavy atom. The number of hydrogen-bond donors (Lipinski definition) is 2. The summed E-state index contributed by atoms with van der Waals surface area (Å²) in [4.78, 5) is 38.5. The number of nitrogens with one attached hydrogen (secondary N) is 2. The van der Waals surface area contributed by atoms with Gasteiger partial charge in [0.2, 0.25) is 17.7 Å². The molecule has 1 aromatic heterocycles. The zero-order valence-electron chi connectivity index (χ0n) is 16.8. The second kappa shape index (κ2) is 8.39. The van der Waals surface area contributed by atoms with E-state index in [-0.39, 0.29) is 42.9 Å². The van der Waals surface area contributed by atoms with Crippen molar-refractivity contribution in [3.8, 4) is 5.69 Å². The van der Waals surface area contributed by atoms with Gasteiger partial charge >= 0.3 is 0 Å². The van der Waals surface area contributed by atoms with E-state index in [1.165, 1.54) is 21.7 Å². The number of carbonyl (C=O) groups is 3. The molecular formula is C22H20FN5O3. The van der Waals surface area contributed by atoms with Crippen molar-refractivity contribution in [1.82, 2.24) is 9.78 Å². The number of halogens is 1. The zero-order chi connectivity index (χ0) is 22.0. The molecule has 0 fully saturated rings. The smallest absolute Gasteiger partial charge is 0.244 e. The Hall–Kier alpha value is -4.01. The van der Waals surface area contributed by atoms with E-state index in [9.17, 15) is 18.8 Å². The van der Waals surface area contributed by atoms with E-state index >= 15 is 0 Å². The lowest BCUT2D eigenvalue weighted by Crippen LogP contribution is -2.42. The maximum atomic E-state index is 13.2. The van der Waals surface area contributed by atoms with Crippen LogP contribution in [0.15, 0.2) is 54.6 Å². The fraction of sp³-hybridized carbons (Fsp3) is 0.182. The second-order valence-corrected chi connectivity index (χ2v) is 7.15. The topological polar surface area (TPSA) is 96.3 Å². The molecule has 0 saturated heterocycles. The Labute approximate surface area is 177 Å². The molecule has 4 rings (SSSR count).